The first-order chi connectivity index (χ1) is 12.0. The fourth-order valence-corrected chi connectivity index (χ4v) is 3.61. The zero-order chi connectivity index (χ0) is 17.7. The van der Waals surface area contributed by atoms with Crippen LogP contribution in [-0.2, 0) is 16.6 Å². The van der Waals surface area contributed by atoms with E-state index in [9.17, 15) is 9.59 Å². The van der Waals surface area contributed by atoms with E-state index in [1.807, 2.05) is 24.6 Å². The van der Waals surface area contributed by atoms with E-state index in [1.54, 1.807) is 22.8 Å². The molecule has 2 amide bonds. The molecule has 0 radical (unpaired) electrons. The zero-order valence-corrected chi connectivity index (χ0v) is 14.5. The topological polar surface area (TPSA) is 97.9 Å². The largest absolute Gasteiger partial charge is 0.336 e. The lowest BCUT2D eigenvalue weighted by molar-refractivity contribution is -0.128. The molecule has 2 fully saturated rings. The summed E-state index contributed by atoms with van der Waals surface area (Å²) in [4.78, 5) is 26.8. The third-order valence-electron chi connectivity index (χ3n) is 5.10. The Morgan fingerprint density at radius 2 is 2.04 bits per heavy atom. The van der Waals surface area contributed by atoms with E-state index in [0.717, 1.165) is 24.4 Å². The molecule has 4 rings (SSSR count). The van der Waals surface area contributed by atoms with Gasteiger partial charge < -0.3 is 4.90 Å². The summed E-state index contributed by atoms with van der Waals surface area (Å²) < 4.78 is 3.67. The van der Waals surface area contributed by atoms with Crippen molar-refractivity contribution >= 4 is 17.8 Å². The van der Waals surface area contributed by atoms with Crippen LogP contribution in [-0.4, -0.2) is 48.3 Å². The lowest BCUT2D eigenvalue weighted by Gasteiger charge is -2.24. The Hall–Kier alpha value is -2.71. The Kier molecular flexibility index (Phi) is 3.59. The van der Waals surface area contributed by atoms with Crippen LogP contribution >= 0.6 is 0 Å². The second kappa shape index (κ2) is 5.68. The molecule has 1 aliphatic heterocycles. The van der Waals surface area contributed by atoms with E-state index in [2.05, 4.69) is 20.6 Å². The Morgan fingerprint density at radius 3 is 2.68 bits per heavy atom. The SMILES string of the molecule is Cc1nnc(NC(=O)C2CC(=O)N(C)C2c2ccnn2C)n1C1CC1. The lowest BCUT2D eigenvalue weighted by atomic mass is 9.96. The summed E-state index contributed by atoms with van der Waals surface area (Å²) in [5, 5.41) is 15.2. The first-order valence-electron chi connectivity index (χ1n) is 8.43. The molecule has 0 aromatic carbocycles. The molecular weight excluding hydrogens is 322 g/mol. The second-order valence-electron chi connectivity index (χ2n) is 6.80. The maximum atomic E-state index is 12.9. The minimum absolute atomic E-state index is 0.0498. The fraction of sp³-hybridized carbons (Fsp3) is 0.562. The highest BCUT2D eigenvalue weighted by atomic mass is 16.2. The van der Waals surface area contributed by atoms with E-state index in [0.29, 0.717) is 12.0 Å². The highest BCUT2D eigenvalue weighted by Crippen LogP contribution is 2.39. The predicted molar refractivity (Wildman–Crippen MR) is 88.5 cm³/mol. The van der Waals surface area contributed by atoms with Crippen LogP contribution in [0.4, 0.5) is 5.95 Å². The zero-order valence-electron chi connectivity index (χ0n) is 14.5. The third-order valence-corrected chi connectivity index (χ3v) is 5.10. The van der Waals surface area contributed by atoms with Gasteiger partial charge in [-0.1, -0.05) is 0 Å². The number of hydrogen-bond donors (Lipinski definition) is 1. The molecular formula is C16H21N7O2. The van der Waals surface area contributed by atoms with E-state index in [4.69, 9.17) is 0 Å². The second-order valence-corrected chi connectivity index (χ2v) is 6.80. The molecule has 9 nitrogen and oxygen atoms in total. The van der Waals surface area contributed by atoms with Crippen molar-refractivity contribution in [2.24, 2.45) is 13.0 Å². The quantitative estimate of drug-likeness (QED) is 0.886. The number of anilines is 1. The first-order valence-corrected chi connectivity index (χ1v) is 8.43. The van der Waals surface area contributed by atoms with Gasteiger partial charge in [0, 0.05) is 32.8 Å². The fourth-order valence-electron chi connectivity index (χ4n) is 3.61. The van der Waals surface area contributed by atoms with E-state index >= 15 is 0 Å². The molecule has 1 saturated heterocycles. The van der Waals surface area contributed by atoms with Crippen molar-refractivity contribution in [3.63, 3.8) is 0 Å². The summed E-state index contributed by atoms with van der Waals surface area (Å²) >= 11 is 0. The van der Waals surface area contributed by atoms with E-state index < -0.39 is 5.92 Å². The molecule has 0 bridgehead atoms. The molecule has 0 spiro atoms. The number of nitrogens with zero attached hydrogens (tertiary/aromatic N) is 6. The van der Waals surface area contributed by atoms with Gasteiger partial charge in [0.1, 0.15) is 5.82 Å². The lowest BCUT2D eigenvalue weighted by Crippen LogP contribution is -2.32. The predicted octanol–water partition coefficient (Wildman–Crippen LogP) is 0.813. The van der Waals surface area contributed by atoms with Gasteiger partial charge in [-0.25, -0.2) is 0 Å². The summed E-state index contributed by atoms with van der Waals surface area (Å²) in [6.07, 6.45) is 4.00. The van der Waals surface area contributed by atoms with Gasteiger partial charge in [-0.15, -0.1) is 10.2 Å². The van der Waals surface area contributed by atoms with Crippen molar-refractivity contribution in [3.05, 3.63) is 23.8 Å². The number of rotatable bonds is 4. The molecule has 2 unspecified atom stereocenters. The third kappa shape index (κ3) is 2.59. The molecule has 2 aliphatic rings. The molecule has 1 saturated carbocycles. The number of nitrogens with one attached hydrogen (secondary N) is 1. The first kappa shape index (κ1) is 15.8. The Morgan fingerprint density at radius 1 is 1.28 bits per heavy atom. The monoisotopic (exact) mass is 343 g/mol. The van der Waals surface area contributed by atoms with Gasteiger partial charge in [-0.3, -0.25) is 24.2 Å². The summed E-state index contributed by atoms with van der Waals surface area (Å²) in [6.45, 7) is 1.88. The van der Waals surface area contributed by atoms with Crippen LogP contribution in [0.15, 0.2) is 12.3 Å². The minimum Gasteiger partial charge on any atom is -0.336 e. The van der Waals surface area contributed by atoms with Crippen molar-refractivity contribution in [2.45, 2.75) is 38.3 Å². The highest BCUT2D eigenvalue weighted by Gasteiger charge is 2.44. The van der Waals surface area contributed by atoms with Crippen molar-refractivity contribution < 1.29 is 9.59 Å². The summed E-state index contributed by atoms with van der Waals surface area (Å²) in [5.41, 5.74) is 0.841. The number of carbonyl (C=O) groups excluding carboxylic acids is 2. The molecule has 25 heavy (non-hydrogen) atoms. The maximum absolute atomic E-state index is 12.9. The molecule has 2 atom stereocenters. The van der Waals surface area contributed by atoms with E-state index in [-0.39, 0.29) is 24.3 Å². The summed E-state index contributed by atoms with van der Waals surface area (Å²) in [7, 11) is 3.54. The van der Waals surface area contributed by atoms with Crippen LogP contribution in [0.5, 0.6) is 0 Å². The number of hydrogen-bond acceptors (Lipinski definition) is 5. The summed E-state index contributed by atoms with van der Waals surface area (Å²) in [5.74, 6) is 0.512. The summed E-state index contributed by atoms with van der Waals surface area (Å²) in [6, 6.07) is 1.88. The Bertz CT molecular complexity index is 835. The van der Waals surface area contributed by atoms with Gasteiger partial charge in [0.15, 0.2) is 0 Å². The van der Waals surface area contributed by atoms with Crippen LogP contribution in [0.3, 0.4) is 0 Å². The van der Waals surface area contributed by atoms with Crippen LogP contribution in [0.2, 0.25) is 0 Å². The van der Waals surface area contributed by atoms with Crippen LogP contribution < -0.4 is 5.32 Å². The Labute approximate surface area is 145 Å². The van der Waals surface area contributed by atoms with Gasteiger partial charge in [0.2, 0.25) is 17.8 Å². The number of likely N-dealkylation sites (tertiary alicyclic amines) is 1. The van der Waals surface area contributed by atoms with Gasteiger partial charge >= 0.3 is 0 Å². The minimum atomic E-state index is -0.488. The average molecular weight is 343 g/mol. The molecule has 2 aromatic rings. The molecule has 9 heteroatoms. The number of aryl methyl sites for hydroxylation is 2. The van der Waals surface area contributed by atoms with Crippen LogP contribution in [0, 0.1) is 12.8 Å². The smallest absolute Gasteiger partial charge is 0.232 e. The molecule has 2 aromatic heterocycles. The van der Waals surface area contributed by atoms with E-state index in [1.165, 1.54) is 0 Å². The van der Waals surface area contributed by atoms with Gasteiger partial charge in [-0.05, 0) is 25.8 Å². The Balaban J connectivity index is 1.60. The van der Waals surface area contributed by atoms with Gasteiger partial charge in [-0.2, -0.15) is 5.10 Å². The number of carbonyl (C=O) groups is 2. The normalized spacial score (nSPS) is 23.3. The average Bonchev–Trinajstić information content (AvgIpc) is 3.12. The number of amides is 2. The van der Waals surface area contributed by atoms with Crippen molar-refractivity contribution in [2.75, 3.05) is 12.4 Å². The maximum Gasteiger partial charge on any atom is 0.232 e. The van der Waals surface area contributed by atoms with Crippen LogP contribution in [0.25, 0.3) is 0 Å². The highest BCUT2D eigenvalue weighted by molar-refractivity contribution is 5.97. The molecule has 3 heterocycles. The number of aromatic nitrogens is 5. The molecule has 1 N–H and O–H groups in total. The molecule has 1 aliphatic carbocycles. The van der Waals surface area contributed by atoms with Crippen molar-refractivity contribution in [1.29, 1.82) is 0 Å². The van der Waals surface area contributed by atoms with Crippen molar-refractivity contribution in [1.82, 2.24) is 29.4 Å². The van der Waals surface area contributed by atoms with Gasteiger partial charge in [0.05, 0.1) is 17.7 Å². The van der Waals surface area contributed by atoms with Gasteiger partial charge in [0.25, 0.3) is 0 Å². The molecule has 132 valence electrons. The van der Waals surface area contributed by atoms with Crippen LogP contribution in [0.1, 0.15) is 42.9 Å². The van der Waals surface area contributed by atoms with Crippen molar-refractivity contribution in [3.8, 4) is 0 Å². The standard InChI is InChI=1S/C16H21N7O2/c1-9-19-20-16(23(9)10-4-5-10)18-15(25)11-8-13(24)21(2)14(11)12-6-7-17-22(12)3/h6-7,10-11,14H,4-5,8H2,1-3H3,(H,18,20,25).